The topological polar surface area (TPSA) is 68.0 Å². The molecule has 0 aliphatic carbocycles. The van der Waals surface area contributed by atoms with Gasteiger partial charge in [-0.15, -0.1) is 0 Å². The monoisotopic (exact) mass is 411 g/mol. The van der Waals surface area contributed by atoms with E-state index < -0.39 is 0 Å². The van der Waals surface area contributed by atoms with Gasteiger partial charge in [0.2, 0.25) is 0 Å². The highest BCUT2D eigenvalue weighted by atomic mass is 32.1. The number of carbonyl (C=O) groups excluding carboxylic acids is 1. The van der Waals surface area contributed by atoms with Crippen molar-refractivity contribution >= 4 is 28.1 Å². The van der Waals surface area contributed by atoms with Gasteiger partial charge in [0.05, 0.1) is 11.1 Å². The van der Waals surface area contributed by atoms with Gasteiger partial charge in [-0.05, 0) is 41.3 Å². The van der Waals surface area contributed by atoms with E-state index in [9.17, 15) is 4.79 Å². The molecule has 0 spiro atoms. The fourth-order valence-electron chi connectivity index (χ4n) is 3.40. The number of aromatic nitrogens is 2. The number of rotatable bonds is 5. The lowest BCUT2D eigenvalue weighted by molar-refractivity contribution is 0.0951. The van der Waals surface area contributed by atoms with Crippen molar-refractivity contribution in [2.24, 2.45) is 0 Å². The van der Waals surface area contributed by atoms with E-state index in [1.165, 1.54) is 0 Å². The first-order valence-corrected chi connectivity index (χ1v) is 10.4. The van der Waals surface area contributed by atoms with Crippen LogP contribution in [0.5, 0.6) is 0 Å². The predicted octanol–water partition coefficient (Wildman–Crippen LogP) is 5.55. The van der Waals surface area contributed by atoms with Crippen LogP contribution in [0.2, 0.25) is 0 Å². The molecule has 0 radical (unpaired) electrons. The fraction of sp³-hybridized carbons (Fsp3) is 0.0417. The van der Waals surface area contributed by atoms with Crippen molar-refractivity contribution in [3.05, 3.63) is 94.8 Å². The van der Waals surface area contributed by atoms with Crippen LogP contribution in [0.1, 0.15) is 15.9 Å². The number of benzene rings is 2. The van der Waals surface area contributed by atoms with Gasteiger partial charge in [-0.25, -0.2) is 0 Å². The Morgan fingerprint density at radius 3 is 2.73 bits per heavy atom. The molecule has 5 aromatic rings. The maximum Gasteiger partial charge on any atom is 0.251 e. The molecule has 1 amide bonds. The third kappa shape index (κ3) is 3.49. The van der Waals surface area contributed by atoms with Crippen LogP contribution in [-0.4, -0.2) is 16.0 Å². The lowest BCUT2D eigenvalue weighted by Gasteiger charge is -2.09. The van der Waals surface area contributed by atoms with Crippen LogP contribution < -0.4 is 5.32 Å². The molecule has 1 N–H and O–H groups in total. The zero-order chi connectivity index (χ0) is 20.3. The summed E-state index contributed by atoms with van der Waals surface area (Å²) in [4.78, 5) is 17.3. The smallest absolute Gasteiger partial charge is 0.251 e. The van der Waals surface area contributed by atoms with Gasteiger partial charge in [-0.1, -0.05) is 41.6 Å². The minimum atomic E-state index is -0.155. The van der Waals surface area contributed by atoms with Gasteiger partial charge in [-0.2, -0.15) is 11.3 Å². The van der Waals surface area contributed by atoms with Crippen molar-refractivity contribution in [3.63, 3.8) is 0 Å². The zero-order valence-corrected chi connectivity index (χ0v) is 16.7. The Bertz CT molecular complexity index is 1310. The molecule has 3 heterocycles. The number of hydrogen-bond acceptors (Lipinski definition) is 5. The molecule has 0 bridgehead atoms. The first-order chi connectivity index (χ1) is 14.8. The molecule has 6 heteroatoms. The van der Waals surface area contributed by atoms with Gasteiger partial charge in [0.15, 0.2) is 5.76 Å². The summed E-state index contributed by atoms with van der Waals surface area (Å²) in [5, 5.41) is 12.0. The molecule has 146 valence electrons. The highest BCUT2D eigenvalue weighted by Gasteiger charge is 2.14. The van der Waals surface area contributed by atoms with Crippen molar-refractivity contribution in [1.82, 2.24) is 15.5 Å². The molecule has 2 aromatic carbocycles. The van der Waals surface area contributed by atoms with Gasteiger partial charge in [0.25, 0.3) is 5.91 Å². The highest BCUT2D eigenvalue weighted by Crippen LogP contribution is 2.29. The van der Waals surface area contributed by atoms with Crippen molar-refractivity contribution in [3.8, 4) is 22.6 Å². The summed E-state index contributed by atoms with van der Waals surface area (Å²) in [5.41, 5.74) is 5.12. The minimum Gasteiger partial charge on any atom is -0.355 e. The molecule has 0 aliphatic rings. The molecule has 30 heavy (non-hydrogen) atoms. The van der Waals surface area contributed by atoms with Crippen molar-refractivity contribution in [2.45, 2.75) is 6.54 Å². The van der Waals surface area contributed by atoms with E-state index in [-0.39, 0.29) is 5.91 Å². The van der Waals surface area contributed by atoms with E-state index in [0.29, 0.717) is 17.9 Å². The van der Waals surface area contributed by atoms with Gasteiger partial charge < -0.3 is 9.84 Å². The van der Waals surface area contributed by atoms with E-state index in [1.54, 1.807) is 29.7 Å². The lowest BCUT2D eigenvalue weighted by Crippen LogP contribution is -2.23. The molecular formula is C24H17N3O2S. The second-order valence-corrected chi connectivity index (χ2v) is 7.60. The Labute approximate surface area is 177 Å². The van der Waals surface area contributed by atoms with Crippen molar-refractivity contribution < 1.29 is 9.32 Å². The van der Waals surface area contributed by atoms with Crippen molar-refractivity contribution in [1.29, 1.82) is 0 Å². The van der Waals surface area contributed by atoms with Crippen molar-refractivity contribution in [2.75, 3.05) is 0 Å². The zero-order valence-electron chi connectivity index (χ0n) is 15.9. The summed E-state index contributed by atoms with van der Waals surface area (Å²) in [6, 6.07) is 21.0. The highest BCUT2D eigenvalue weighted by molar-refractivity contribution is 7.08. The molecule has 0 saturated carbocycles. The summed E-state index contributed by atoms with van der Waals surface area (Å²) < 4.78 is 5.53. The second-order valence-electron chi connectivity index (χ2n) is 6.82. The van der Waals surface area contributed by atoms with Crippen LogP contribution >= 0.6 is 11.3 Å². The number of pyridine rings is 1. The summed E-state index contributed by atoms with van der Waals surface area (Å²) in [6.07, 6.45) is 1.77. The fourth-order valence-corrected chi connectivity index (χ4v) is 4.04. The third-order valence-corrected chi connectivity index (χ3v) is 5.58. The van der Waals surface area contributed by atoms with Gasteiger partial charge in [0, 0.05) is 34.8 Å². The van der Waals surface area contributed by atoms with E-state index in [4.69, 9.17) is 4.52 Å². The Balaban J connectivity index is 1.40. The Morgan fingerprint density at radius 2 is 1.90 bits per heavy atom. The van der Waals surface area contributed by atoms with Crippen LogP contribution in [0.4, 0.5) is 0 Å². The first kappa shape index (κ1) is 18.3. The molecule has 0 fully saturated rings. The Morgan fingerprint density at radius 1 is 1.00 bits per heavy atom. The van der Waals surface area contributed by atoms with E-state index >= 15 is 0 Å². The van der Waals surface area contributed by atoms with E-state index in [0.717, 1.165) is 33.3 Å². The standard InChI is InChI=1S/C24H17N3O2S/c28-24(26-14-18-7-4-11-25-22(18)19-10-12-30-15-19)17-8-9-21-20(13-17)23(29-27-21)16-5-2-1-3-6-16/h1-13,15H,14H2,(H,26,28). The molecule has 0 saturated heterocycles. The largest absolute Gasteiger partial charge is 0.355 e. The van der Waals surface area contributed by atoms with Gasteiger partial charge >= 0.3 is 0 Å². The van der Waals surface area contributed by atoms with E-state index in [2.05, 4.69) is 20.8 Å². The normalized spacial score (nSPS) is 10.9. The summed E-state index contributed by atoms with van der Waals surface area (Å²) in [7, 11) is 0. The lowest BCUT2D eigenvalue weighted by atomic mass is 10.1. The number of amides is 1. The maximum absolute atomic E-state index is 12.8. The molecule has 0 unspecified atom stereocenters. The van der Waals surface area contributed by atoms with Gasteiger partial charge in [-0.3, -0.25) is 9.78 Å². The minimum absolute atomic E-state index is 0.155. The third-order valence-electron chi connectivity index (χ3n) is 4.90. The SMILES string of the molecule is O=C(NCc1cccnc1-c1ccsc1)c1ccc2noc(-c3ccccc3)c2c1. The average molecular weight is 411 g/mol. The number of hydrogen-bond donors (Lipinski definition) is 1. The molecule has 5 rings (SSSR count). The van der Waals surface area contributed by atoms with Crippen LogP contribution in [-0.2, 0) is 6.54 Å². The Hall–Kier alpha value is -3.77. The molecule has 0 aliphatic heterocycles. The van der Waals surface area contributed by atoms with E-state index in [1.807, 2.05) is 60.0 Å². The van der Waals surface area contributed by atoms with Crippen LogP contribution in [0.15, 0.2) is 88.2 Å². The molecule has 5 nitrogen and oxygen atoms in total. The number of nitrogens with one attached hydrogen (secondary N) is 1. The maximum atomic E-state index is 12.8. The number of nitrogens with zero attached hydrogens (tertiary/aromatic N) is 2. The van der Waals surface area contributed by atoms with Crippen LogP contribution in [0.3, 0.4) is 0 Å². The second kappa shape index (κ2) is 7.93. The number of thiophene rings is 1. The molecule has 3 aromatic heterocycles. The summed E-state index contributed by atoms with van der Waals surface area (Å²) in [5.74, 6) is 0.504. The summed E-state index contributed by atoms with van der Waals surface area (Å²) in [6.45, 7) is 0.394. The van der Waals surface area contributed by atoms with Gasteiger partial charge in [0.1, 0.15) is 5.52 Å². The quantitative estimate of drug-likeness (QED) is 0.412. The predicted molar refractivity (Wildman–Crippen MR) is 118 cm³/mol. The average Bonchev–Trinajstić information content (AvgIpc) is 3.48. The molecule has 0 atom stereocenters. The molecular weight excluding hydrogens is 394 g/mol. The Kier molecular flexibility index (Phi) is 4.83. The summed E-state index contributed by atoms with van der Waals surface area (Å²) >= 11 is 1.62. The number of carbonyl (C=O) groups is 1. The number of fused-ring (bicyclic) bond motifs is 1. The first-order valence-electron chi connectivity index (χ1n) is 9.49. The van der Waals surface area contributed by atoms with Crippen LogP contribution in [0, 0.1) is 0 Å². The van der Waals surface area contributed by atoms with Crippen LogP contribution in [0.25, 0.3) is 33.5 Å².